The van der Waals surface area contributed by atoms with Gasteiger partial charge in [-0.1, -0.05) is 50.6 Å². The molecule has 4 aromatic rings. The number of nitrogens with zero attached hydrogens (tertiary/aromatic N) is 5. The van der Waals surface area contributed by atoms with Gasteiger partial charge in [0.15, 0.2) is 0 Å². The van der Waals surface area contributed by atoms with Gasteiger partial charge in [0.05, 0.1) is 43.6 Å². The molecule has 0 aliphatic heterocycles. The summed E-state index contributed by atoms with van der Waals surface area (Å²) in [4.78, 5) is 11.9. The Morgan fingerprint density at radius 2 is 2.03 bits per heavy atom. The van der Waals surface area contributed by atoms with Gasteiger partial charge >= 0.3 is 0 Å². The van der Waals surface area contributed by atoms with Crippen molar-refractivity contribution in [3.05, 3.63) is 66.9 Å². The number of ether oxygens (including phenoxy) is 1. The summed E-state index contributed by atoms with van der Waals surface area (Å²) in [5.41, 5.74) is 3.50. The SMILES string of the molecule is CCCC(CC)(COCc1ccccc1)C(CC#N)n1cc(-c2ncnc3[nH]ccc23)cn1. The van der Waals surface area contributed by atoms with Crippen molar-refractivity contribution in [3.8, 4) is 17.3 Å². The average Bonchev–Trinajstić information content (AvgIpc) is 3.52. The highest BCUT2D eigenvalue weighted by molar-refractivity contribution is 5.89. The van der Waals surface area contributed by atoms with Gasteiger partial charge in [-0.3, -0.25) is 4.68 Å². The molecule has 3 heterocycles. The van der Waals surface area contributed by atoms with Crippen LogP contribution in [-0.2, 0) is 11.3 Å². The Balaban J connectivity index is 1.63. The van der Waals surface area contributed by atoms with Crippen LogP contribution >= 0.6 is 0 Å². The van der Waals surface area contributed by atoms with Crippen LogP contribution in [0, 0.1) is 16.7 Å². The molecule has 7 nitrogen and oxygen atoms in total. The molecule has 0 fully saturated rings. The van der Waals surface area contributed by atoms with Crippen LogP contribution in [0.4, 0.5) is 0 Å². The highest BCUT2D eigenvalue weighted by Crippen LogP contribution is 2.42. The molecule has 170 valence electrons. The monoisotopic (exact) mass is 442 g/mol. The minimum atomic E-state index is -0.197. The van der Waals surface area contributed by atoms with E-state index in [9.17, 15) is 5.26 Å². The molecule has 0 bridgehead atoms. The van der Waals surface area contributed by atoms with Crippen molar-refractivity contribution >= 4 is 11.0 Å². The summed E-state index contributed by atoms with van der Waals surface area (Å²) in [6.45, 7) is 5.50. The van der Waals surface area contributed by atoms with Crippen molar-refractivity contribution in [2.75, 3.05) is 6.61 Å². The quantitative estimate of drug-likeness (QED) is 0.322. The molecule has 2 unspecified atom stereocenters. The predicted molar refractivity (Wildman–Crippen MR) is 128 cm³/mol. The number of rotatable bonds is 11. The molecule has 1 N–H and O–H groups in total. The maximum absolute atomic E-state index is 9.71. The highest BCUT2D eigenvalue weighted by atomic mass is 16.5. The molecule has 0 spiro atoms. The standard InChI is InChI=1S/C26H30N6O/c1-3-12-26(4-2,18-33-17-20-8-6-5-7-9-20)23(10-13-27)32-16-21(15-31-32)24-22-11-14-28-25(22)30-19-29-24/h5-9,11,14-16,19,23H,3-4,10,12,17-18H2,1-2H3,(H,28,29,30). The first-order valence-electron chi connectivity index (χ1n) is 11.5. The predicted octanol–water partition coefficient (Wildman–Crippen LogP) is 5.69. The lowest BCUT2D eigenvalue weighted by atomic mass is 9.73. The zero-order valence-electron chi connectivity index (χ0n) is 19.2. The van der Waals surface area contributed by atoms with E-state index in [1.54, 1.807) is 6.33 Å². The molecule has 0 saturated carbocycles. The third-order valence-electron chi connectivity index (χ3n) is 6.49. The molecule has 0 aliphatic rings. The first-order valence-corrected chi connectivity index (χ1v) is 11.5. The fraction of sp³-hybridized carbons (Fsp3) is 0.385. The van der Waals surface area contributed by atoms with E-state index >= 15 is 0 Å². The molecule has 2 atom stereocenters. The normalized spacial score (nSPS) is 14.1. The molecule has 0 radical (unpaired) electrons. The van der Waals surface area contributed by atoms with Crippen molar-refractivity contribution in [2.24, 2.45) is 5.41 Å². The van der Waals surface area contributed by atoms with Crippen LogP contribution in [0.25, 0.3) is 22.3 Å². The Labute approximate surface area is 194 Å². The Kier molecular flexibility index (Phi) is 7.16. The lowest BCUT2D eigenvalue weighted by Crippen LogP contribution is -2.37. The van der Waals surface area contributed by atoms with E-state index in [4.69, 9.17) is 9.84 Å². The summed E-state index contributed by atoms with van der Waals surface area (Å²) in [5.74, 6) is 0. The van der Waals surface area contributed by atoms with Crippen molar-refractivity contribution < 1.29 is 4.74 Å². The van der Waals surface area contributed by atoms with Crippen molar-refractivity contribution in [3.63, 3.8) is 0 Å². The molecule has 0 amide bonds. The fourth-order valence-electron chi connectivity index (χ4n) is 4.70. The van der Waals surface area contributed by atoms with Gasteiger partial charge in [0, 0.05) is 28.8 Å². The minimum absolute atomic E-state index is 0.0967. The lowest BCUT2D eigenvalue weighted by molar-refractivity contribution is -0.0102. The second kappa shape index (κ2) is 10.4. The number of H-pyrrole nitrogens is 1. The first-order chi connectivity index (χ1) is 16.2. The molecule has 0 saturated heterocycles. The number of benzene rings is 1. The molecular formula is C26H30N6O. The van der Waals surface area contributed by atoms with Crippen LogP contribution in [0.15, 0.2) is 61.3 Å². The van der Waals surface area contributed by atoms with Gasteiger partial charge in [0.2, 0.25) is 0 Å². The highest BCUT2D eigenvalue weighted by Gasteiger charge is 2.39. The van der Waals surface area contributed by atoms with Gasteiger partial charge in [-0.2, -0.15) is 10.4 Å². The summed E-state index contributed by atoms with van der Waals surface area (Å²) < 4.78 is 8.19. The first kappa shape index (κ1) is 22.7. The largest absolute Gasteiger partial charge is 0.376 e. The van der Waals surface area contributed by atoms with E-state index < -0.39 is 0 Å². The Hall–Kier alpha value is -3.50. The van der Waals surface area contributed by atoms with Crippen LogP contribution < -0.4 is 0 Å². The number of nitrogens with one attached hydrogen (secondary N) is 1. The maximum atomic E-state index is 9.71. The van der Waals surface area contributed by atoms with Crippen LogP contribution in [0.1, 0.15) is 51.1 Å². The van der Waals surface area contributed by atoms with Crippen molar-refractivity contribution in [1.82, 2.24) is 24.7 Å². The number of aromatic amines is 1. The van der Waals surface area contributed by atoms with Gasteiger partial charge in [-0.05, 0) is 24.5 Å². The van der Waals surface area contributed by atoms with Crippen LogP contribution in [0.5, 0.6) is 0 Å². The smallest absolute Gasteiger partial charge is 0.141 e. The van der Waals surface area contributed by atoms with Gasteiger partial charge < -0.3 is 9.72 Å². The third kappa shape index (κ3) is 4.81. The van der Waals surface area contributed by atoms with Gasteiger partial charge in [0.25, 0.3) is 0 Å². The number of hydrogen-bond donors (Lipinski definition) is 1. The number of fused-ring (bicyclic) bond motifs is 1. The van der Waals surface area contributed by atoms with E-state index in [0.717, 1.165) is 47.1 Å². The molecular weight excluding hydrogens is 412 g/mol. The van der Waals surface area contributed by atoms with E-state index in [1.807, 2.05) is 47.5 Å². The van der Waals surface area contributed by atoms with E-state index in [-0.39, 0.29) is 11.5 Å². The van der Waals surface area contributed by atoms with Crippen LogP contribution in [0.3, 0.4) is 0 Å². The van der Waals surface area contributed by atoms with Gasteiger partial charge in [-0.15, -0.1) is 0 Å². The van der Waals surface area contributed by atoms with Crippen LogP contribution in [0.2, 0.25) is 0 Å². The van der Waals surface area contributed by atoms with Crippen LogP contribution in [-0.4, -0.2) is 31.3 Å². The topological polar surface area (TPSA) is 92.4 Å². The molecule has 3 aromatic heterocycles. The summed E-state index contributed by atoms with van der Waals surface area (Å²) in [5, 5.41) is 15.4. The molecule has 33 heavy (non-hydrogen) atoms. The Morgan fingerprint density at radius 1 is 1.18 bits per heavy atom. The zero-order chi connectivity index (χ0) is 23.1. The zero-order valence-corrected chi connectivity index (χ0v) is 19.2. The number of aromatic nitrogens is 5. The summed E-state index contributed by atoms with van der Waals surface area (Å²) in [7, 11) is 0. The van der Waals surface area contributed by atoms with Crippen molar-refractivity contribution in [2.45, 2.75) is 52.2 Å². The van der Waals surface area contributed by atoms with E-state index in [2.05, 4.69) is 47.0 Å². The summed E-state index contributed by atoms with van der Waals surface area (Å²) >= 11 is 0. The number of nitriles is 1. The number of hydrogen-bond acceptors (Lipinski definition) is 5. The lowest BCUT2D eigenvalue weighted by Gasteiger charge is -2.39. The second-order valence-corrected chi connectivity index (χ2v) is 8.49. The Morgan fingerprint density at radius 3 is 2.79 bits per heavy atom. The Bertz CT molecular complexity index is 1210. The molecule has 0 aliphatic carbocycles. The maximum Gasteiger partial charge on any atom is 0.141 e. The average molecular weight is 443 g/mol. The summed E-state index contributed by atoms with van der Waals surface area (Å²) in [6, 6.07) is 14.5. The van der Waals surface area contributed by atoms with Crippen molar-refractivity contribution in [1.29, 1.82) is 5.26 Å². The molecule has 4 rings (SSSR count). The van der Waals surface area contributed by atoms with Gasteiger partial charge in [-0.25, -0.2) is 9.97 Å². The second-order valence-electron chi connectivity index (χ2n) is 8.49. The van der Waals surface area contributed by atoms with E-state index in [0.29, 0.717) is 19.6 Å². The fourth-order valence-corrected chi connectivity index (χ4v) is 4.70. The molecule has 1 aromatic carbocycles. The summed E-state index contributed by atoms with van der Waals surface area (Å²) in [6.07, 6.45) is 10.5. The molecule has 7 heteroatoms. The minimum Gasteiger partial charge on any atom is -0.376 e. The third-order valence-corrected chi connectivity index (χ3v) is 6.49. The van der Waals surface area contributed by atoms with Gasteiger partial charge in [0.1, 0.15) is 12.0 Å². The van der Waals surface area contributed by atoms with E-state index in [1.165, 1.54) is 0 Å².